The third-order valence-electron chi connectivity index (χ3n) is 2.94. The number of nitrogens with one attached hydrogen (secondary N) is 2. The van der Waals surface area contributed by atoms with Gasteiger partial charge < -0.3 is 10.6 Å². The van der Waals surface area contributed by atoms with Crippen molar-refractivity contribution >= 4 is 41.5 Å². The molecule has 0 atom stereocenters. The van der Waals surface area contributed by atoms with Gasteiger partial charge in [-0.1, -0.05) is 37.4 Å². The highest BCUT2D eigenvalue weighted by Gasteiger charge is 2.23. The maximum atomic E-state index is 13.1. The first-order valence-electron chi connectivity index (χ1n) is 6.24. The van der Waals surface area contributed by atoms with Gasteiger partial charge in [-0.3, -0.25) is 4.99 Å². The topological polar surface area (TPSA) is 36.4 Å². The molecule has 0 saturated heterocycles. The van der Waals surface area contributed by atoms with Crippen molar-refractivity contribution in [2.45, 2.75) is 19.3 Å². The summed E-state index contributed by atoms with van der Waals surface area (Å²) in [5.74, 6) is 2.76. The zero-order valence-corrected chi connectivity index (χ0v) is 15.4. The normalized spacial score (nSPS) is 11.3. The average molecular weight is 424 g/mol. The highest BCUT2D eigenvalue weighted by Crippen LogP contribution is 2.29. The Hall–Kier alpha value is -1.000. The number of terminal acetylenes is 1. The number of aliphatic imine (C=N–C) groups is 1. The van der Waals surface area contributed by atoms with Crippen LogP contribution in [0.25, 0.3) is 0 Å². The van der Waals surface area contributed by atoms with E-state index in [1.165, 1.54) is 12.1 Å². The molecule has 0 aromatic heterocycles. The van der Waals surface area contributed by atoms with Crippen LogP contribution in [-0.2, 0) is 5.41 Å². The summed E-state index contributed by atoms with van der Waals surface area (Å²) in [7, 11) is 1.67. The van der Waals surface area contributed by atoms with Crippen LogP contribution in [0, 0.1) is 18.2 Å². The number of benzene rings is 1. The van der Waals surface area contributed by atoms with Gasteiger partial charge in [0.05, 0.1) is 6.54 Å². The van der Waals surface area contributed by atoms with Crippen molar-refractivity contribution in [1.82, 2.24) is 10.6 Å². The summed E-state index contributed by atoms with van der Waals surface area (Å²) < 4.78 is 13.1. The van der Waals surface area contributed by atoms with Gasteiger partial charge in [-0.05, 0) is 17.7 Å². The first-order chi connectivity index (χ1) is 9.40. The Morgan fingerprint density at radius 1 is 1.43 bits per heavy atom. The molecule has 0 aliphatic rings. The largest absolute Gasteiger partial charge is 0.356 e. The number of halogens is 3. The Morgan fingerprint density at radius 2 is 2.10 bits per heavy atom. The Kier molecular flexibility index (Phi) is 8.67. The van der Waals surface area contributed by atoms with Crippen LogP contribution in [0.15, 0.2) is 23.2 Å². The molecule has 0 bridgehead atoms. The van der Waals surface area contributed by atoms with E-state index in [-0.39, 0.29) is 35.2 Å². The van der Waals surface area contributed by atoms with E-state index in [1.54, 1.807) is 13.1 Å². The smallest absolute Gasteiger partial charge is 0.191 e. The van der Waals surface area contributed by atoms with Crippen LogP contribution < -0.4 is 10.6 Å². The molecular weight excluding hydrogens is 404 g/mol. The second kappa shape index (κ2) is 9.11. The number of nitrogens with zero attached hydrogens (tertiary/aromatic N) is 1. The summed E-state index contributed by atoms with van der Waals surface area (Å²) in [6, 6.07) is 4.44. The highest BCUT2D eigenvalue weighted by molar-refractivity contribution is 14.0. The van der Waals surface area contributed by atoms with Crippen molar-refractivity contribution in [2.75, 3.05) is 20.1 Å². The van der Waals surface area contributed by atoms with Gasteiger partial charge in [0, 0.05) is 24.0 Å². The van der Waals surface area contributed by atoms with Gasteiger partial charge in [0.15, 0.2) is 5.96 Å². The fourth-order valence-electron chi connectivity index (χ4n) is 1.79. The lowest BCUT2D eigenvalue weighted by Gasteiger charge is -2.27. The summed E-state index contributed by atoms with van der Waals surface area (Å²) in [4.78, 5) is 4.06. The molecule has 3 nitrogen and oxygen atoms in total. The maximum Gasteiger partial charge on any atom is 0.191 e. The molecular formula is C15H20ClFIN3. The van der Waals surface area contributed by atoms with Gasteiger partial charge in [0.1, 0.15) is 5.82 Å². The van der Waals surface area contributed by atoms with Crippen molar-refractivity contribution in [1.29, 1.82) is 0 Å². The van der Waals surface area contributed by atoms with Gasteiger partial charge in [0.2, 0.25) is 0 Å². The molecule has 0 unspecified atom stereocenters. The lowest BCUT2D eigenvalue weighted by atomic mass is 9.84. The first kappa shape index (κ1) is 20.0. The third-order valence-corrected chi connectivity index (χ3v) is 3.25. The first-order valence-corrected chi connectivity index (χ1v) is 6.62. The lowest BCUT2D eigenvalue weighted by Crippen LogP contribution is -2.43. The maximum absolute atomic E-state index is 13.1. The van der Waals surface area contributed by atoms with Gasteiger partial charge in [0.25, 0.3) is 0 Å². The summed E-state index contributed by atoms with van der Waals surface area (Å²) >= 11 is 6.11. The van der Waals surface area contributed by atoms with E-state index in [1.807, 2.05) is 13.8 Å². The molecule has 2 N–H and O–H groups in total. The van der Waals surface area contributed by atoms with E-state index in [2.05, 4.69) is 21.5 Å². The predicted octanol–water partition coefficient (Wildman–Crippen LogP) is 3.17. The monoisotopic (exact) mass is 423 g/mol. The van der Waals surface area contributed by atoms with Gasteiger partial charge >= 0.3 is 0 Å². The number of hydrogen-bond acceptors (Lipinski definition) is 1. The molecule has 1 aromatic carbocycles. The quantitative estimate of drug-likeness (QED) is 0.338. The molecule has 0 amide bonds. The van der Waals surface area contributed by atoms with Crippen LogP contribution in [0.5, 0.6) is 0 Å². The van der Waals surface area contributed by atoms with Crippen LogP contribution in [0.2, 0.25) is 5.02 Å². The molecule has 0 fully saturated rings. The standard InChI is InChI=1S/C15H19ClFN3.HI/c1-5-8-19-14(18-4)20-10-15(2,3)12-7-6-11(17)9-13(12)16;/h1,6-7,9H,8,10H2,2-4H3,(H2,18,19,20);1H. The molecule has 0 aliphatic heterocycles. The summed E-state index contributed by atoms with van der Waals surface area (Å²) in [5, 5.41) is 6.57. The van der Waals surface area contributed by atoms with Gasteiger partial charge in [-0.15, -0.1) is 30.4 Å². The number of guanidine groups is 1. The lowest BCUT2D eigenvalue weighted by molar-refractivity contribution is 0.508. The zero-order valence-electron chi connectivity index (χ0n) is 12.3. The van der Waals surface area contributed by atoms with Crippen LogP contribution in [0.4, 0.5) is 4.39 Å². The molecule has 1 rings (SSSR count). The number of rotatable bonds is 4. The zero-order chi connectivity index (χ0) is 15.2. The molecule has 0 aliphatic carbocycles. The fourth-order valence-corrected chi connectivity index (χ4v) is 2.22. The third kappa shape index (κ3) is 6.10. The van der Waals surface area contributed by atoms with E-state index in [4.69, 9.17) is 18.0 Å². The SMILES string of the molecule is C#CCNC(=NC)NCC(C)(C)c1ccc(F)cc1Cl.I. The second-order valence-corrected chi connectivity index (χ2v) is 5.40. The Balaban J connectivity index is 0.00000400. The molecule has 0 spiro atoms. The Bertz CT molecular complexity index is 538. The van der Waals surface area contributed by atoms with Crippen molar-refractivity contribution < 1.29 is 4.39 Å². The summed E-state index contributed by atoms with van der Waals surface area (Å²) in [5.41, 5.74) is 0.596. The van der Waals surface area contributed by atoms with E-state index >= 15 is 0 Å². The minimum Gasteiger partial charge on any atom is -0.356 e. The molecule has 0 heterocycles. The van der Waals surface area contributed by atoms with Crippen molar-refractivity contribution in [3.05, 3.63) is 34.6 Å². The molecule has 116 valence electrons. The predicted molar refractivity (Wildman–Crippen MR) is 98.0 cm³/mol. The van der Waals surface area contributed by atoms with Crippen molar-refractivity contribution in [3.63, 3.8) is 0 Å². The van der Waals surface area contributed by atoms with Crippen LogP contribution in [0.3, 0.4) is 0 Å². The van der Waals surface area contributed by atoms with Crippen LogP contribution in [0.1, 0.15) is 19.4 Å². The Morgan fingerprint density at radius 3 is 2.62 bits per heavy atom. The van der Waals surface area contributed by atoms with Crippen LogP contribution in [-0.4, -0.2) is 26.1 Å². The molecule has 21 heavy (non-hydrogen) atoms. The molecule has 1 aromatic rings. The summed E-state index contributed by atoms with van der Waals surface area (Å²) in [6.45, 7) is 5.03. The average Bonchev–Trinajstić information content (AvgIpc) is 2.38. The fraction of sp³-hybridized carbons (Fsp3) is 0.400. The molecule has 0 saturated carbocycles. The number of hydrogen-bond donors (Lipinski definition) is 2. The molecule has 0 radical (unpaired) electrons. The highest BCUT2D eigenvalue weighted by atomic mass is 127. The van der Waals surface area contributed by atoms with Crippen molar-refractivity contribution in [3.8, 4) is 12.3 Å². The van der Waals surface area contributed by atoms with E-state index < -0.39 is 0 Å². The second-order valence-electron chi connectivity index (χ2n) is 4.99. The van der Waals surface area contributed by atoms with Gasteiger partial charge in [-0.2, -0.15) is 0 Å². The van der Waals surface area contributed by atoms with E-state index in [0.29, 0.717) is 24.1 Å². The minimum atomic E-state index is -0.339. The minimum absolute atomic E-state index is 0. The molecule has 6 heteroatoms. The van der Waals surface area contributed by atoms with E-state index in [9.17, 15) is 4.39 Å². The van der Waals surface area contributed by atoms with Gasteiger partial charge in [-0.25, -0.2) is 4.39 Å². The van der Waals surface area contributed by atoms with E-state index in [0.717, 1.165) is 5.56 Å². The van der Waals surface area contributed by atoms with Crippen LogP contribution >= 0.6 is 35.6 Å². The summed E-state index contributed by atoms with van der Waals surface area (Å²) in [6.07, 6.45) is 5.19. The van der Waals surface area contributed by atoms with Crippen molar-refractivity contribution in [2.24, 2.45) is 4.99 Å². The Labute approximate surface area is 147 Å².